The maximum absolute atomic E-state index is 10.1. The number of nitrogens with zero attached hydrogens (tertiary/aromatic N) is 4. The molecular formula is C20H27N5O. The lowest BCUT2D eigenvalue weighted by molar-refractivity contribution is 0.370. The molecule has 6 heteroatoms. The molecule has 1 aromatic heterocycles. The molecule has 1 fully saturated rings. The quantitative estimate of drug-likeness (QED) is 0.637. The summed E-state index contributed by atoms with van der Waals surface area (Å²) < 4.78 is 0. The normalized spacial score (nSPS) is 15.2. The highest BCUT2D eigenvalue weighted by atomic mass is 16.3. The van der Waals surface area contributed by atoms with Crippen molar-refractivity contribution < 1.29 is 5.11 Å². The molecule has 138 valence electrons. The van der Waals surface area contributed by atoms with E-state index in [0.717, 1.165) is 57.3 Å². The molecule has 6 nitrogen and oxygen atoms in total. The van der Waals surface area contributed by atoms with Crippen molar-refractivity contribution in [3.8, 4) is 5.75 Å². The van der Waals surface area contributed by atoms with E-state index in [0.29, 0.717) is 5.75 Å². The van der Waals surface area contributed by atoms with E-state index in [1.807, 2.05) is 30.5 Å². The smallest absolute Gasteiger partial charge is 0.194 e. The van der Waals surface area contributed by atoms with Crippen LogP contribution in [-0.2, 0) is 6.42 Å². The van der Waals surface area contributed by atoms with Gasteiger partial charge in [-0.05, 0) is 37.1 Å². The zero-order valence-electron chi connectivity index (χ0n) is 15.3. The monoisotopic (exact) mass is 353 g/mol. The van der Waals surface area contributed by atoms with Crippen LogP contribution in [0.5, 0.6) is 5.75 Å². The number of hydrogen-bond donors (Lipinski definition) is 2. The molecule has 2 heterocycles. The van der Waals surface area contributed by atoms with E-state index in [1.165, 1.54) is 5.56 Å². The van der Waals surface area contributed by atoms with Crippen molar-refractivity contribution in [2.24, 2.45) is 4.99 Å². The lowest BCUT2D eigenvalue weighted by Crippen LogP contribution is -2.52. The van der Waals surface area contributed by atoms with E-state index < -0.39 is 0 Å². The molecular weight excluding hydrogens is 326 g/mol. The van der Waals surface area contributed by atoms with Crippen LogP contribution in [0.15, 0.2) is 53.8 Å². The van der Waals surface area contributed by atoms with Crippen molar-refractivity contribution in [1.29, 1.82) is 0 Å². The number of aliphatic imine (C=N–C) groups is 1. The van der Waals surface area contributed by atoms with E-state index in [9.17, 15) is 5.11 Å². The fraction of sp³-hybridized carbons (Fsp3) is 0.400. The van der Waals surface area contributed by atoms with Crippen molar-refractivity contribution in [3.63, 3.8) is 0 Å². The highest BCUT2D eigenvalue weighted by Gasteiger charge is 2.21. The van der Waals surface area contributed by atoms with Crippen molar-refractivity contribution in [2.45, 2.75) is 13.3 Å². The predicted molar refractivity (Wildman–Crippen MR) is 106 cm³/mol. The Morgan fingerprint density at radius 2 is 1.96 bits per heavy atom. The van der Waals surface area contributed by atoms with Crippen LogP contribution >= 0.6 is 0 Å². The number of rotatable bonds is 5. The van der Waals surface area contributed by atoms with Gasteiger partial charge in [0.15, 0.2) is 5.96 Å². The predicted octanol–water partition coefficient (Wildman–Crippen LogP) is 2.12. The van der Waals surface area contributed by atoms with Crippen molar-refractivity contribution in [3.05, 3.63) is 54.4 Å². The van der Waals surface area contributed by atoms with Crippen LogP contribution < -0.4 is 10.2 Å². The van der Waals surface area contributed by atoms with Crippen LogP contribution in [0, 0.1) is 0 Å². The van der Waals surface area contributed by atoms with Gasteiger partial charge in [0.2, 0.25) is 0 Å². The first kappa shape index (κ1) is 18.0. The lowest BCUT2D eigenvalue weighted by Gasteiger charge is -2.37. The Kier molecular flexibility index (Phi) is 6.30. The van der Waals surface area contributed by atoms with Crippen LogP contribution in [-0.4, -0.2) is 60.2 Å². The summed E-state index contributed by atoms with van der Waals surface area (Å²) in [6.07, 6.45) is 4.58. The Bertz CT molecular complexity index is 711. The third-order valence-corrected chi connectivity index (χ3v) is 4.52. The van der Waals surface area contributed by atoms with Crippen molar-refractivity contribution >= 4 is 11.6 Å². The molecule has 0 atom stereocenters. The summed E-state index contributed by atoms with van der Waals surface area (Å²) in [4.78, 5) is 13.5. The SMILES string of the molecule is CCNC(=NCCc1cccnc1)N1CCN(c2ccccc2O)CC1. The van der Waals surface area contributed by atoms with E-state index in [1.54, 1.807) is 12.3 Å². The van der Waals surface area contributed by atoms with Gasteiger partial charge < -0.3 is 20.2 Å². The number of nitrogens with one attached hydrogen (secondary N) is 1. The van der Waals surface area contributed by atoms with Crippen LogP contribution in [0.25, 0.3) is 0 Å². The Hall–Kier alpha value is -2.76. The van der Waals surface area contributed by atoms with Gasteiger partial charge in [0.05, 0.1) is 5.69 Å². The molecule has 1 aliphatic heterocycles. The highest BCUT2D eigenvalue weighted by molar-refractivity contribution is 5.80. The van der Waals surface area contributed by atoms with Crippen LogP contribution in [0.4, 0.5) is 5.69 Å². The summed E-state index contributed by atoms with van der Waals surface area (Å²) in [7, 11) is 0. The van der Waals surface area contributed by atoms with Gasteiger partial charge in [-0.2, -0.15) is 0 Å². The second kappa shape index (κ2) is 9.08. The second-order valence-electron chi connectivity index (χ2n) is 6.31. The molecule has 2 aromatic rings. The maximum Gasteiger partial charge on any atom is 0.194 e. The number of hydrogen-bond acceptors (Lipinski definition) is 4. The summed E-state index contributed by atoms with van der Waals surface area (Å²) in [5.41, 5.74) is 2.11. The minimum atomic E-state index is 0.345. The van der Waals surface area contributed by atoms with Crippen molar-refractivity contribution in [1.82, 2.24) is 15.2 Å². The molecule has 0 saturated carbocycles. The third kappa shape index (κ3) is 4.65. The molecule has 0 spiro atoms. The molecule has 0 unspecified atom stereocenters. The maximum atomic E-state index is 10.1. The summed E-state index contributed by atoms with van der Waals surface area (Å²) in [5.74, 6) is 1.31. The van der Waals surface area contributed by atoms with Gasteiger partial charge in [-0.3, -0.25) is 9.98 Å². The number of pyridine rings is 1. The fourth-order valence-electron chi connectivity index (χ4n) is 3.15. The van der Waals surface area contributed by atoms with E-state index >= 15 is 0 Å². The number of aromatic hydroxyl groups is 1. The summed E-state index contributed by atoms with van der Waals surface area (Å²) in [6.45, 7) is 7.18. The average molecular weight is 353 g/mol. The topological polar surface area (TPSA) is 64.0 Å². The zero-order valence-corrected chi connectivity index (χ0v) is 15.3. The average Bonchev–Trinajstić information content (AvgIpc) is 2.69. The van der Waals surface area contributed by atoms with Gasteiger partial charge in [-0.25, -0.2) is 0 Å². The van der Waals surface area contributed by atoms with Gasteiger partial charge >= 0.3 is 0 Å². The summed E-state index contributed by atoms with van der Waals surface area (Å²) in [6, 6.07) is 11.6. The standard InChI is InChI=1S/C20H27N5O/c1-2-22-20(23-11-9-17-6-5-10-21-16-17)25-14-12-24(13-15-25)18-7-3-4-8-19(18)26/h3-8,10,16,26H,2,9,11-15H2,1H3,(H,22,23). The first-order valence-electron chi connectivity index (χ1n) is 9.23. The number of phenols is 1. The number of guanidine groups is 1. The Labute approximate surface area is 155 Å². The first-order chi connectivity index (χ1) is 12.8. The summed E-state index contributed by atoms with van der Waals surface area (Å²) >= 11 is 0. The molecule has 0 amide bonds. The lowest BCUT2D eigenvalue weighted by atomic mass is 10.2. The first-order valence-corrected chi connectivity index (χ1v) is 9.23. The number of aromatic nitrogens is 1. The molecule has 1 aromatic carbocycles. The van der Waals surface area contributed by atoms with Gasteiger partial charge in [-0.1, -0.05) is 18.2 Å². The van der Waals surface area contributed by atoms with E-state index in [4.69, 9.17) is 4.99 Å². The van der Waals surface area contributed by atoms with Gasteiger partial charge in [0.1, 0.15) is 5.75 Å². The molecule has 1 aliphatic rings. The number of piperazine rings is 1. The molecule has 2 N–H and O–H groups in total. The van der Waals surface area contributed by atoms with E-state index in [-0.39, 0.29) is 0 Å². The highest BCUT2D eigenvalue weighted by Crippen LogP contribution is 2.27. The van der Waals surface area contributed by atoms with Crippen molar-refractivity contribution in [2.75, 3.05) is 44.2 Å². The third-order valence-electron chi connectivity index (χ3n) is 4.52. The second-order valence-corrected chi connectivity index (χ2v) is 6.31. The zero-order chi connectivity index (χ0) is 18.2. The van der Waals surface area contributed by atoms with Gasteiger partial charge in [-0.15, -0.1) is 0 Å². The van der Waals surface area contributed by atoms with E-state index in [2.05, 4.69) is 33.1 Å². The van der Waals surface area contributed by atoms with Gasteiger partial charge in [0.25, 0.3) is 0 Å². The molecule has 0 radical (unpaired) electrons. The van der Waals surface area contributed by atoms with Crippen LogP contribution in [0.1, 0.15) is 12.5 Å². The molecule has 1 saturated heterocycles. The molecule has 0 aliphatic carbocycles. The Morgan fingerprint density at radius 3 is 2.65 bits per heavy atom. The number of para-hydroxylation sites is 2. The number of phenolic OH excluding ortho intramolecular Hbond substituents is 1. The minimum Gasteiger partial charge on any atom is -0.506 e. The largest absolute Gasteiger partial charge is 0.506 e. The minimum absolute atomic E-state index is 0.345. The number of anilines is 1. The van der Waals surface area contributed by atoms with Crippen LogP contribution in [0.2, 0.25) is 0 Å². The number of benzene rings is 1. The Balaban J connectivity index is 1.57. The molecule has 26 heavy (non-hydrogen) atoms. The molecule has 0 bridgehead atoms. The van der Waals surface area contributed by atoms with Gasteiger partial charge in [0, 0.05) is 51.7 Å². The molecule has 3 rings (SSSR count). The summed E-state index contributed by atoms with van der Waals surface area (Å²) in [5, 5.41) is 13.4. The fourth-order valence-corrected chi connectivity index (χ4v) is 3.15. The Morgan fingerprint density at radius 1 is 1.15 bits per heavy atom. The van der Waals surface area contributed by atoms with Crippen LogP contribution in [0.3, 0.4) is 0 Å².